The maximum absolute atomic E-state index is 3.52. The molecule has 0 bridgehead atoms. The molecule has 1 aromatic carbocycles. The van der Waals surface area contributed by atoms with E-state index in [1.54, 1.807) is 0 Å². The van der Waals surface area contributed by atoms with E-state index in [0.29, 0.717) is 0 Å². The average molecular weight is 273 g/mol. The van der Waals surface area contributed by atoms with Crippen molar-refractivity contribution >= 4 is 0 Å². The molecule has 3 rings (SSSR count). The van der Waals surface area contributed by atoms with Crippen LogP contribution < -0.4 is 5.32 Å². The zero-order valence-corrected chi connectivity index (χ0v) is 12.4. The quantitative estimate of drug-likeness (QED) is 0.908. The third kappa shape index (κ3) is 3.81. The zero-order valence-electron chi connectivity index (χ0n) is 12.4. The van der Waals surface area contributed by atoms with Crippen molar-refractivity contribution in [2.75, 3.05) is 39.3 Å². The van der Waals surface area contributed by atoms with Crippen LogP contribution in [0.5, 0.6) is 0 Å². The van der Waals surface area contributed by atoms with Gasteiger partial charge in [-0.25, -0.2) is 0 Å². The summed E-state index contributed by atoms with van der Waals surface area (Å²) in [5.41, 5.74) is 1.44. The van der Waals surface area contributed by atoms with E-state index in [2.05, 4.69) is 45.4 Å². The highest BCUT2D eigenvalue weighted by molar-refractivity contribution is 5.14. The van der Waals surface area contributed by atoms with Crippen molar-refractivity contribution in [1.82, 2.24) is 15.1 Å². The Morgan fingerprint density at radius 1 is 0.950 bits per heavy atom. The Balaban J connectivity index is 1.46. The molecule has 0 aliphatic carbocycles. The fraction of sp³-hybridized carbons (Fsp3) is 0.647. The van der Waals surface area contributed by atoms with Gasteiger partial charge in [0.2, 0.25) is 0 Å². The van der Waals surface area contributed by atoms with Crippen LogP contribution in [-0.2, 0) is 6.54 Å². The van der Waals surface area contributed by atoms with Gasteiger partial charge in [-0.05, 0) is 37.9 Å². The lowest BCUT2D eigenvalue weighted by molar-refractivity contribution is 0.0864. The maximum atomic E-state index is 3.52. The Kier molecular flexibility index (Phi) is 5.06. The van der Waals surface area contributed by atoms with E-state index in [-0.39, 0.29) is 0 Å². The van der Waals surface area contributed by atoms with Crippen molar-refractivity contribution in [2.24, 2.45) is 0 Å². The summed E-state index contributed by atoms with van der Waals surface area (Å²) in [6.07, 6.45) is 4.05. The average Bonchev–Trinajstić information content (AvgIpc) is 2.78. The Morgan fingerprint density at radius 3 is 2.55 bits per heavy atom. The fourth-order valence-corrected chi connectivity index (χ4v) is 3.49. The summed E-state index contributed by atoms with van der Waals surface area (Å²) < 4.78 is 0. The standard InChI is InChI=1S/C17H27N3/c1-2-5-16(6-3-1)15-19-11-13-20(14-12-19)17-7-4-9-18-10-8-17/h1-3,5-6,17-18H,4,7-15H2. The highest BCUT2D eigenvalue weighted by atomic mass is 15.3. The van der Waals surface area contributed by atoms with Crippen LogP contribution in [0.3, 0.4) is 0 Å². The fourth-order valence-electron chi connectivity index (χ4n) is 3.49. The number of benzene rings is 1. The van der Waals surface area contributed by atoms with E-state index in [0.717, 1.165) is 12.6 Å². The molecule has 2 heterocycles. The summed E-state index contributed by atoms with van der Waals surface area (Å²) >= 11 is 0. The molecule has 2 aliphatic heterocycles. The van der Waals surface area contributed by atoms with Crippen LogP contribution >= 0.6 is 0 Å². The number of piperazine rings is 1. The molecule has 0 saturated carbocycles. The molecule has 1 aromatic rings. The van der Waals surface area contributed by atoms with Crippen LogP contribution in [0, 0.1) is 0 Å². The molecule has 0 aromatic heterocycles. The second kappa shape index (κ2) is 7.21. The molecule has 0 spiro atoms. The van der Waals surface area contributed by atoms with Crippen LogP contribution in [0.4, 0.5) is 0 Å². The van der Waals surface area contributed by atoms with Gasteiger partial charge in [-0.2, -0.15) is 0 Å². The molecular formula is C17H27N3. The first-order valence-electron chi connectivity index (χ1n) is 8.13. The van der Waals surface area contributed by atoms with Crippen molar-refractivity contribution in [1.29, 1.82) is 0 Å². The lowest BCUT2D eigenvalue weighted by atomic mass is 10.1. The monoisotopic (exact) mass is 273 g/mol. The van der Waals surface area contributed by atoms with E-state index in [4.69, 9.17) is 0 Å². The topological polar surface area (TPSA) is 18.5 Å². The van der Waals surface area contributed by atoms with Crippen molar-refractivity contribution in [2.45, 2.75) is 31.8 Å². The van der Waals surface area contributed by atoms with Gasteiger partial charge < -0.3 is 5.32 Å². The van der Waals surface area contributed by atoms with Crippen LogP contribution in [0.15, 0.2) is 30.3 Å². The van der Waals surface area contributed by atoms with Crippen LogP contribution in [-0.4, -0.2) is 55.1 Å². The first-order chi connectivity index (χ1) is 9.92. The summed E-state index contributed by atoms with van der Waals surface area (Å²) in [7, 11) is 0. The number of hydrogen-bond donors (Lipinski definition) is 1. The Morgan fingerprint density at radius 2 is 1.75 bits per heavy atom. The van der Waals surface area contributed by atoms with Gasteiger partial charge in [0.1, 0.15) is 0 Å². The molecular weight excluding hydrogens is 246 g/mol. The summed E-state index contributed by atoms with van der Waals surface area (Å²) in [6.45, 7) is 8.47. The lowest BCUT2D eigenvalue weighted by Crippen LogP contribution is -2.50. The minimum atomic E-state index is 0.823. The van der Waals surface area contributed by atoms with E-state index in [9.17, 15) is 0 Å². The van der Waals surface area contributed by atoms with Crippen LogP contribution in [0.2, 0.25) is 0 Å². The number of nitrogens with zero attached hydrogens (tertiary/aromatic N) is 2. The summed E-state index contributed by atoms with van der Waals surface area (Å²) in [4.78, 5) is 5.33. The van der Waals surface area contributed by atoms with Crippen molar-refractivity contribution < 1.29 is 0 Å². The summed E-state index contributed by atoms with van der Waals surface area (Å²) in [6, 6.07) is 11.7. The molecule has 110 valence electrons. The molecule has 1 unspecified atom stereocenters. The van der Waals surface area contributed by atoms with Gasteiger partial charge >= 0.3 is 0 Å². The second-order valence-corrected chi connectivity index (χ2v) is 6.13. The predicted octanol–water partition coefficient (Wildman–Crippen LogP) is 1.95. The van der Waals surface area contributed by atoms with Gasteiger partial charge in [-0.15, -0.1) is 0 Å². The molecule has 2 fully saturated rings. The molecule has 2 saturated heterocycles. The molecule has 2 aliphatic rings. The summed E-state index contributed by atoms with van der Waals surface area (Å²) in [5.74, 6) is 0. The number of rotatable bonds is 3. The maximum Gasteiger partial charge on any atom is 0.0234 e. The first-order valence-corrected chi connectivity index (χ1v) is 8.13. The molecule has 1 atom stereocenters. The zero-order chi connectivity index (χ0) is 13.6. The Bertz CT molecular complexity index is 376. The van der Waals surface area contributed by atoms with Gasteiger partial charge in [-0.3, -0.25) is 9.80 Å². The summed E-state index contributed by atoms with van der Waals surface area (Å²) in [5, 5.41) is 3.52. The molecule has 1 N–H and O–H groups in total. The van der Waals surface area contributed by atoms with Crippen LogP contribution in [0.25, 0.3) is 0 Å². The second-order valence-electron chi connectivity index (χ2n) is 6.13. The highest BCUT2D eigenvalue weighted by Gasteiger charge is 2.24. The molecule has 20 heavy (non-hydrogen) atoms. The minimum absolute atomic E-state index is 0.823. The Labute approximate surface area is 123 Å². The van der Waals surface area contributed by atoms with Crippen molar-refractivity contribution in [3.63, 3.8) is 0 Å². The minimum Gasteiger partial charge on any atom is -0.317 e. The van der Waals surface area contributed by atoms with E-state index < -0.39 is 0 Å². The number of hydrogen-bond acceptors (Lipinski definition) is 3. The normalized spacial score (nSPS) is 26.3. The molecule has 0 amide bonds. The molecule has 3 heteroatoms. The highest BCUT2D eigenvalue weighted by Crippen LogP contribution is 2.16. The van der Waals surface area contributed by atoms with E-state index in [1.807, 2.05) is 0 Å². The predicted molar refractivity (Wildman–Crippen MR) is 83.8 cm³/mol. The lowest BCUT2D eigenvalue weighted by Gasteiger charge is -2.39. The smallest absolute Gasteiger partial charge is 0.0234 e. The van der Waals surface area contributed by atoms with Gasteiger partial charge in [0.25, 0.3) is 0 Å². The number of nitrogens with one attached hydrogen (secondary N) is 1. The Hall–Kier alpha value is -0.900. The van der Waals surface area contributed by atoms with E-state index in [1.165, 1.54) is 64.1 Å². The first kappa shape index (κ1) is 14.1. The molecule has 0 radical (unpaired) electrons. The van der Waals surface area contributed by atoms with Crippen molar-refractivity contribution in [3.05, 3.63) is 35.9 Å². The van der Waals surface area contributed by atoms with Gasteiger partial charge in [0.05, 0.1) is 0 Å². The van der Waals surface area contributed by atoms with Gasteiger partial charge in [0.15, 0.2) is 0 Å². The third-order valence-electron chi connectivity index (χ3n) is 4.72. The van der Waals surface area contributed by atoms with Gasteiger partial charge in [0, 0.05) is 38.8 Å². The SMILES string of the molecule is c1ccc(CN2CCN(C3CCCNCC3)CC2)cc1. The van der Waals surface area contributed by atoms with Gasteiger partial charge in [-0.1, -0.05) is 30.3 Å². The van der Waals surface area contributed by atoms with Crippen molar-refractivity contribution in [3.8, 4) is 0 Å². The van der Waals surface area contributed by atoms with Crippen LogP contribution in [0.1, 0.15) is 24.8 Å². The third-order valence-corrected chi connectivity index (χ3v) is 4.72. The largest absolute Gasteiger partial charge is 0.317 e. The molecule has 3 nitrogen and oxygen atoms in total. The van der Waals surface area contributed by atoms with E-state index >= 15 is 0 Å².